The Morgan fingerprint density at radius 2 is 1.88 bits per heavy atom. The maximum absolute atomic E-state index is 12.0. The molecule has 1 atom stereocenters. The number of fused-ring (bicyclic) bond motifs is 1. The number of ether oxygens (including phenoxy) is 2. The van der Waals surface area contributed by atoms with E-state index >= 15 is 0 Å². The molecule has 128 valence electrons. The number of hydrogen-bond acceptors (Lipinski definition) is 5. The Kier molecular flexibility index (Phi) is 4.44. The maximum atomic E-state index is 12.0. The Morgan fingerprint density at radius 1 is 1.17 bits per heavy atom. The molecule has 0 spiro atoms. The molecule has 0 bridgehead atoms. The van der Waals surface area contributed by atoms with Gasteiger partial charge in [0, 0.05) is 38.9 Å². The van der Waals surface area contributed by atoms with Crippen LogP contribution in [-0.4, -0.2) is 40.3 Å². The quantitative estimate of drug-likeness (QED) is 0.809. The van der Waals surface area contributed by atoms with E-state index in [9.17, 15) is 9.59 Å². The monoisotopic (exact) mass is 331 g/mol. The molecule has 0 unspecified atom stereocenters. The van der Waals surface area contributed by atoms with Crippen LogP contribution < -0.4 is 20.7 Å². The van der Waals surface area contributed by atoms with Crippen molar-refractivity contribution in [3.05, 3.63) is 56.9 Å². The molecule has 24 heavy (non-hydrogen) atoms. The molecule has 0 N–H and O–H groups in total. The van der Waals surface area contributed by atoms with Gasteiger partial charge in [0.05, 0.1) is 0 Å². The number of aromatic nitrogens is 2. The summed E-state index contributed by atoms with van der Waals surface area (Å²) in [7, 11) is 5.07. The topological polar surface area (TPSA) is 65.7 Å². The minimum Gasteiger partial charge on any atom is -0.486 e. The van der Waals surface area contributed by atoms with Crippen LogP contribution in [0.25, 0.3) is 0 Å². The lowest BCUT2D eigenvalue weighted by Gasteiger charge is -2.29. The van der Waals surface area contributed by atoms with Crippen molar-refractivity contribution >= 4 is 0 Å². The van der Waals surface area contributed by atoms with Gasteiger partial charge in [-0.05, 0) is 19.2 Å². The van der Waals surface area contributed by atoms with Crippen LogP contribution in [0.4, 0.5) is 0 Å². The third-order valence-electron chi connectivity index (χ3n) is 4.14. The molecule has 0 saturated carbocycles. The molecule has 1 aliphatic rings. The van der Waals surface area contributed by atoms with E-state index in [0.717, 1.165) is 16.1 Å². The Hall–Kier alpha value is -2.54. The fraction of sp³-hybridized carbons (Fsp3) is 0.412. The number of hydrogen-bond donors (Lipinski definition) is 0. The molecule has 2 aromatic rings. The fourth-order valence-electron chi connectivity index (χ4n) is 2.77. The average molecular weight is 331 g/mol. The second-order valence-corrected chi connectivity index (χ2v) is 6.07. The van der Waals surface area contributed by atoms with Gasteiger partial charge in [-0.3, -0.25) is 18.8 Å². The Balaban J connectivity index is 1.68. The first-order chi connectivity index (χ1) is 11.5. The Labute approximate surface area is 139 Å². The normalized spacial score (nSPS) is 16.4. The summed E-state index contributed by atoms with van der Waals surface area (Å²) in [6.45, 7) is 1.57. The van der Waals surface area contributed by atoms with Crippen LogP contribution in [0.15, 0.2) is 39.9 Å². The molecule has 0 aliphatic carbocycles. The zero-order valence-electron chi connectivity index (χ0n) is 14.1. The van der Waals surface area contributed by atoms with E-state index in [1.165, 1.54) is 17.7 Å². The van der Waals surface area contributed by atoms with Crippen LogP contribution in [0, 0.1) is 0 Å². The second kappa shape index (κ2) is 6.52. The smallest absolute Gasteiger partial charge is 0.330 e. The minimum absolute atomic E-state index is 0.103. The lowest BCUT2D eigenvalue weighted by Crippen LogP contribution is -2.42. The number of nitrogens with zero attached hydrogens (tertiary/aromatic N) is 3. The van der Waals surface area contributed by atoms with Crippen molar-refractivity contribution in [1.29, 1.82) is 0 Å². The lowest BCUT2D eigenvalue weighted by atomic mass is 10.2. The lowest BCUT2D eigenvalue weighted by molar-refractivity contribution is 0.0632. The summed E-state index contributed by atoms with van der Waals surface area (Å²) >= 11 is 0. The van der Waals surface area contributed by atoms with Crippen molar-refractivity contribution in [1.82, 2.24) is 14.0 Å². The fourth-order valence-corrected chi connectivity index (χ4v) is 2.77. The molecule has 1 aromatic carbocycles. The Morgan fingerprint density at radius 3 is 2.62 bits per heavy atom. The summed E-state index contributed by atoms with van der Waals surface area (Å²) in [6.07, 6.45) is -0.103. The van der Waals surface area contributed by atoms with Gasteiger partial charge in [0.1, 0.15) is 12.7 Å². The van der Waals surface area contributed by atoms with Gasteiger partial charge in [0.2, 0.25) is 0 Å². The predicted octanol–water partition coefficient (Wildman–Crippen LogP) is 0.356. The summed E-state index contributed by atoms with van der Waals surface area (Å²) in [5, 5.41) is 0. The van der Waals surface area contributed by atoms with Crippen LogP contribution in [0.2, 0.25) is 0 Å². The predicted molar refractivity (Wildman–Crippen MR) is 89.6 cm³/mol. The summed E-state index contributed by atoms with van der Waals surface area (Å²) in [5.41, 5.74) is 0.0486. The van der Waals surface area contributed by atoms with Crippen LogP contribution in [0.1, 0.15) is 5.69 Å². The molecule has 2 heterocycles. The molecule has 7 nitrogen and oxygen atoms in total. The third-order valence-corrected chi connectivity index (χ3v) is 4.14. The van der Waals surface area contributed by atoms with E-state index in [2.05, 4.69) is 0 Å². The van der Waals surface area contributed by atoms with Gasteiger partial charge in [-0.25, -0.2) is 4.79 Å². The first-order valence-corrected chi connectivity index (χ1v) is 7.78. The molecule has 1 aromatic heterocycles. The van der Waals surface area contributed by atoms with Crippen LogP contribution in [-0.2, 0) is 20.6 Å². The zero-order chi connectivity index (χ0) is 17.3. The molecular weight excluding hydrogens is 310 g/mol. The highest BCUT2D eigenvalue weighted by molar-refractivity contribution is 5.40. The first kappa shape index (κ1) is 16.3. The van der Waals surface area contributed by atoms with E-state index in [4.69, 9.17) is 9.47 Å². The second-order valence-electron chi connectivity index (χ2n) is 6.07. The van der Waals surface area contributed by atoms with Crippen molar-refractivity contribution in [2.24, 2.45) is 14.1 Å². The molecule has 0 saturated heterocycles. The van der Waals surface area contributed by atoms with E-state index < -0.39 is 0 Å². The standard InChI is InChI=1S/C17H21N3O4/c1-18(9-12-8-16(21)20(3)17(22)19(12)2)10-13-11-23-14-6-4-5-7-15(14)24-13/h4-8,13H,9-11H2,1-3H3/t13-/m1/s1. The summed E-state index contributed by atoms with van der Waals surface area (Å²) < 4.78 is 14.2. The summed E-state index contributed by atoms with van der Waals surface area (Å²) in [4.78, 5) is 25.8. The molecule has 7 heteroatoms. The SMILES string of the molecule is CN(Cc1cc(=O)n(C)c(=O)n1C)C[C@@H]1COc2ccccc2O1. The zero-order valence-corrected chi connectivity index (χ0v) is 14.1. The van der Waals surface area contributed by atoms with Gasteiger partial charge in [0.15, 0.2) is 11.5 Å². The number of likely N-dealkylation sites (N-methyl/N-ethyl adjacent to an activating group) is 1. The largest absolute Gasteiger partial charge is 0.486 e. The number of rotatable bonds is 4. The van der Waals surface area contributed by atoms with Gasteiger partial charge in [-0.15, -0.1) is 0 Å². The van der Waals surface area contributed by atoms with Crippen molar-refractivity contribution in [3.8, 4) is 11.5 Å². The molecule has 3 rings (SSSR count). The van der Waals surface area contributed by atoms with Gasteiger partial charge in [-0.2, -0.15) is 0 Å². The number of benzene rings is 1. The third kappa shape index (κ3) is 3.21. The maximum Gasteiger partial charge on any atom is 0.330 e. The highest BCUT2D eigenvalue weighted by atomic mass is 16.6. The average Bonchev–Trinajstić information content (AvgIpc) is 2.57. The van der Waals surface area contributed by atoms with E-state index in [1.807, 2.05) is 36.2 Å². The van der Waals surface area contributed by atoms with Crippen LogP contribution >= 0.6 is 0 Å². The van der Waals surface area contributed by atoms with Crippen LogP contribution in [0.3, 0.4) is 0 Å². The van der Waals surface area contributed by atoms with Gasteiger partial charge in [0.25, 0.3) is 5.56 Å². The molecule has 0 radical (unpaired) electrons. The summed E-state index contributed by atoms with van der Waals surface area (Å²) in [5.74, 6) is 1.49. The van der Waals surface area contributed by atoms with E-state index in [0.29, 0.717) is 25.4 Å². The molecule has 0 fully saturated rings. The summed E-state index contributed by atoms with van der Waals surface area (Å²) in [6, 6.07) is 9.07. The molecule has 1 aliphatic heterocycles. The van der Waals surface area contributed by atoms with Gasteiger partial charge < -0.3 is 9.47 Å². The van der Waals surface area contributed by atoms with Crippen molar-refractivity contribution < 1.29 is 9.47 Å². The Bertz CT molecular complexity index is 856. The highest BCUT2D eigenvalue weighted by Gasteiger charge is 2.22. The van der Waals surface area contributed by atoms with E-state index in [-0.39, 0.29) is 17.4 Å². The van der Waals surface area contributed by atoms with Gasteiger partial charge >= 0.3 is 5.69 Å². The minimum atomic E-state index is -0.322. The van der Waals surface area contributed by atoms with E-state index in [1.54, 1.807) is 7.05 Å². The molecular formula is C17H21N3O4. The number of para-hydroxylation sites is 2. The van der Waals surface area contributed by atoms with Crippen molar-refractivity contribution in [3.63, 3.8) is 0 Å². The van der Waals surface area contributed by atoms with Crippen LogP contribution in [0.5, 0.6) is 11.5 Å². The first-order valence-electron chi connectivity index (χ1n) is 7.78. The van der Waals surface area contributed by atoms with Crippen molar-refractivity contribution in [2.45, 2.75) is 12.6 Å². The van der Waals surface area contributed by atoms with Gasteiger partial charge in [-0.1, -0.05) is 12.1 Å². The highest BCUT2D eigenvalue weighted by Crippen LogP contribution is 2.30. The van der Waals surface area contributed by atoms with Crippen molar-refractivity contribution in [2.75, 3.05) is 20.2 Å². The molecule has 0 amide bonds.